The second kappa shape index (κ2) is 4.27. The molecule has 0 aliphatic rings. The van der Waals surface area contributed by atoms with Crippen molar-refractivity contribution in [3.8, 4) is 0 Å². The molecule has 1 atom stereocenters. The van der Waals surface area contributed by atoms with Gasteiger partial charge in [0.25, 0.3) is 0 Å². The number of allylic oxidation sites excluding steroid dienone is 1. The Morgan fingerprint density at radius 1 is 1.67 bits per heavy atom. The normalized spacial score (nSPS) is 14.1. The molecule has 0 saturated carbocycles. The molecule has 0 spiro atoms. The molecule has 0 fully saturated rings. The maximum absolute atomic E-state index is 7.28. The number of hydrogen-bond donors (Lipinski definition) is 1. The standard InChI is InChI=1S/C7H13NO/c1-4-5-7(8)6(2)9-3/h4-6,8H,1-3H3/b5-4-,8-7?. The van der Waals surface area contributed by atoms with Gasteiger partial charge in [0.05, 0.1) is 11.8 Å². The molecule has 9 heavy (non-hydrogen) atoms. The van der Waals surface area contributed by atoms with Gasteiger partial charge in [0.15, 0.2) is 0 Å². The van der Waals surface area contributed by atoms with Crippen LogP contribution in [0.15, 0.2) is 12.2 Å². The fraction of sp³-hybridized carbons (Fsp3) is 0.571. The van der Waals surface area contributed by atoms with Crippen molar-refractivity contribution >= 4 is 5.71 Å². The maximum atomic E-state index is 7.28. The number of hydrogen-bond acceptors (Lipinski definition) is 2. The summed E-state index contributed by atoms with van der Waals surface area (Å²) in [7, 11) is 1.60. The fourth-order valence-corrected chi connectivity index (χ4v) is 0.442. The molecular weight excluding hydrogens is 114 g/mol. The van der Waals surface area contributed by atoms with Gasteiger partial charge in [-0.2, -0.15) is 0 Å². The summed E-state index contributed by atoms with van der Waals surface area (Å²) in [4.78, 5) is 0. The van der Waals surface area contributed by atoms with Gasteiger partial charge in [0, 0.05) is 7.11 Å². The highest BCUT2D eigenvalue weighted by Crippen LogP contribution is 1.91. The second-order valence-electron chi connectivity index (χ2n) is 1.83. The molecule has 0 aromatic carbocycles. The average molecular weight is 127 g/mol. The number of ether oxygens (including phenoxy) is 1. The Hall–Kier alpha value is -0.630. The van der Waals surface area contributed by atoms with E-state index in [9.17, 15) is 0 Å². The third-order valence-electron chi connectivity index (χ3n) is 1.14. The van der Waals surface area contributed by atoms with Gasteiger partial charge in [-0.25, -0.2) is 0 Å². The summed E-state index contributed by atoms with van der Waals surface area (Å²) in [6.07, 6.45) is 3.48. The van der Waals surface area contributed by atoms with Crippen LogP contribution in [0.1, 0.15) is 13.8 Å². The lowest BCUT2D eigenvalue weighted by atomic mass is 10.2. The second-order valence-corrected chi connectivity index (χ2v) is 1.83. The molecule has 1 N–H and O–H groups in total. The molecule has 0 heterocycles. The topological polar surface area (TPSA) is 33.1 Å². The smallest absolute Gasteiger partial charge is 0.0955 e. The zero-order valence-corrected chi connectivity index (χ0v) is 6.14. The van der Waals surface area contributed by atoms with Crippen LogP contribution in [0.25, 0.3) is 0 Å². The van der Waals surface area contributed by atoms with Crippen LogP contribution in [-0.4, -0.2) is 18.9 Å². The molecule has 0 saturated heterocycles. The van der Waals surface area contributed by atoms with E-state index in [-0.39, 0.29) is 6.10 Å². The van der Waals surface area contributed by atoms with Crippen LogP contribution in [0.5, 0.6) is 0 Å². The SMILES string of the molecule is C/C=C\C(=N)C(C)OC. The number of nitrogens with one attached hydrogen (secondary N) is 1. The third kappa shape index (κ3) is 3.03. The summed E-state index contributed by atoms with van der Waals surface area (Å²) in [5, 5.41) is 7.28. The Morgan fingerprint density at radius 3 is 2.56 bits per heavy atom. The van der Waals surface area contributed by atoms with Crippen molar-refractivity contribution in [3.63, 3.8) is 0 Å². The van der Waals surface area contributed by atoms with E-state index in [2.05, 4.69) is 0 Å². The predicted molar refractivity (Wildman–Crippen MR) is 39.0 cm³/mol. The Morgan fingerprint density at radius 2 is 2.22 bits per heavy atom. The molecule has 0 aromatic rings. The van der Waals surface area contributed by atoms with E-state index in [0.717, 1.165) is 0 Å². The minimum atomic E-state index is -0.0822. The van der Waals surface area contributed by atoms with Gasteiger partial charge in [0.2, 0.25) is 0 Å². The van der Waals surface area contributed by atoms with Crippen molar-refractivity contribution in [1.82, 2.24) is 0 Å². The largest absolute Gasteiger partial charge is 0.375 e. The molecule has 0 aromatic heterocycles. The summed E-state index contributed by atoms with van der Waals surface area (Å²) >= 11 is 0. The summed E-state index contributed by atoms with van der Waals surface area (Å²) in [5.74, 6) is 0. The van der Waals surface area contributed by atoms with Crippen molar-refractivity contribution in [3.05, 3.63) is 12.2 Å². The van der Waals surface area contributed by atoms with E-state index in [1.807, 2.05) is 19.9 Å². The van der Waals surface area contributed by atoms with Crippen LogP contribution in [0, 0.1) is 5.41 Å². The van der Waals surface area contributed by atoms with E-state index in [0.29, 0.717) is 5.71 Å². The van der Waals surface area contributed by atoms with Gasteiger partial charge in [-0.1, -0.05) is 6.08 Å². The summed E-state index contributed by atoms with van der Waals surface area (Å²) in [6.45, 7) is 3.74. The van der Waals surface area contributed by atoms with Gasteiger partial charge in [-0.05, 0) is 19.9 Å². The van der Waals surface area contributed by atoms with E-state index in [4.69, 9.17) is 10.1 Å². The van der Waals surface area contributed by atoms with Gasteiger partial charge in [0.1, 0.15) is 0 Å². The molecular formula is C7H13NO. The van der Waals surface area contributed by atoms with Crippen LogP contribution >= 0.6 is 0 Å². The molecule has 0 aliphatic heterocycles. The predicted octanol–water partition coefficient (Wildman–Crippen LogP) is 1.62. The first kappa shape index (κ1) is 8.37. The van der Waals surface area contributed by atoms with Crippen LogP contribution in [0.3, 0.4) is 0 Å². The van der Waals surface area contributed by atoms with E-state index < -0.39 is 0 Å². The lowest BCUT2D eigenvalue weighted by Crippen LogP contribution is -2.15. The summed E-state index contributed by atoms with van der Waals surface area (Å²) in [5.41, 5.74) is 0.514. The average Bonchev–Trinajstić information content (AvgIpc) is 1.87. The monoisotopic (exact) mass is 127 g/mol. The van der Waals surface area contributed by atoms with E-state index in [1.165, 1.54) is 0 Å². The molecule has 52 valence electrons. The number of methoxy groups -OCH3 is 1. The first-order valence-electron chi connectivity index (χ1n) is 2.96. The lowest BCUT2D eigenvalue weighted by molar-refractivity contribution is 0.171. The highest BCUT2D eigenvalue weighted by atomic mass is 16.5. The molecule has 0 aliphatic carbocycles. The molecule has 1 unspecified atom stereocenters. The van der Waals surface area contributed by atoms with Crippen LogP contribution < -0.4 is 0 Å². The van der Waals surface area contributed by atoms with Crippen LogP contribution in [-0.2, 0) is 4.74 Å². The molecule has 2 heteroatoms. The van der Waals surface area contributed by atoms with Crippen LogP contribution in [0.2, 0.25) is 0 Å². The minimum absolute atomic E-state index is 0.0822. The summed E-state index contributed by atoms with van der Waals surface area (Å²) in [6, 6.07) is 0. The summed E-state index contributed by atoms with van der Waals surface area (Å²) < 4.78 is 4.89. The molecule has 0 radical (unpaired) electrons. The van der Waals surface area contributed by atoms with Crippen molar-refractivity contribution in [2.24, 2.45) is 0 Å². The van der Waals surface area contributed by atoms with Crippen molar-refractivity contribution in [1.29, 1.82) is 5.41 Å². The molecule has 2 nitrogen and oxygen atoms in total. The zero-order valence-electron chi connectivity index (χ0n) is 6.14. The van der Waals surface area contributed by atoms with Crippen molar-refractivity contribution < 1.29 is 4.74 Å². The minimum Gasteiger partial charge on any atom is -0.375 e. The number of rotatable bonds is 3. The maximum Gasteiger partial charge on any atom is 0.0955 e. The van der Waals surface area contributed by atoms with Gasteiger partial charge in [-0.3, -0.25) is 0 Å². The van der Waals surface area contributed by atoms with E-state index >= 15 is 0 Å². The lowest BCUT2D eigenvalue weighted by Gasteiger charge is -2.05. The van der Waals surface area contributed by atoms with Gasteiger partial charge < -0.3 is 10.1 Å². The van der Waals surface area contributed by atoms with E-state index in [1.54, 1.807) is 13.2 Å². The molecule has 0 bridgehead atoms. The Kier molecular flexibility index (Phi) is 3.97. The zero-order chi connectivity index (χ0) is 7.28. The fourth-order valence-electron chi connectivity index (χ4n) is 0.442. The molecule has 0 rings (SSSR count). The van der Waals surface area contributed by atoms with Crippen molar-refractivity contribution in [2.75, 3.05) is 7.11 Å². The quantitative estimate of drug-likeness (QED) is 0.574. The van der Waals surface area contributed by atoms with Gasteiger partial charge in [-0.15, -0.1) is 0 Å². The Balaban J connectivity index is 3.73. The highest BCUT2D eigenvalue weighted by molar-refractivity contribution is 5.95. The molecule has 0 amide bonds. The first-order chi connectivity index (χ1) is 4.22. The van der Waals surface area contributed by atoms with Crippen LogP contribution in [0.4, 0.5) is 0 Å². The Labute approximate surface area is 56.0 Å². The van der Waals surface area contributed by atoms with Gasteiger partial charge >= 0.3 is 0 Å². The van der Waals surface area contributed by atoms with Crippen molar-refractivity contribution in [2.45, 2.75) is 20.0 Å². The first-order valence-corrected chi connectivity index (χ1v) is 2.96. The third-order valence-corrected chi connectivity index (χ3v) is 1.14. The Bertz CT molecular complexity index is 118. The highest BCUT2D eigenvalue weighted by Gasteiger charge is 2.00.